The summed E-state index contributed by atoms with van der Waals surface area (Å²) in [6.45, 7) is 5.15. The van der Waals surface area contributed by atoms with E-state index in [2.05, 4.69) is 61.6 Å². The summed E-state index contributed by atoms with van der Waals surface area (Å²) in [5.74, 6) is 0.264. The fraction of sp³-hybridized carbons (Fsp3) is 0.409. The van der Waals surface area contributed by atoms with E-state index in [1.807, 2.05) is 11.9 Å². The maximum Gasteiger partial charge on any atom is 0.242 e. The molecule has 3 nitrogen and oxygen atoms in total. The Bertz CT molecular complexity index is 808. The number of carbonyl (C=O) groups excluding carboxylic acids is 1. The van der Waals surface area contributed by atoms with E-state index in [9.17, 15) is 4.79 Å². The van der Waals surface area contributed by atoms with Crippen LogP contribution in [0.4, 0.5) is 0 Å². The smallest absolute Gasteiger partial charge is 0.242 e. The van der Waals surface area contributed by atoms with E-state index < -0.39 is 0 Å². The number of nitrogens with zero attached hydrogens (tertiary/aromatic N) is 1. The Morgan fingerprint density at radius 2 is 1.80 bits per heavy atom. The van der Waals surface area contributed by atoms with Crippen LogP contribution in [-0.4, -0.2) is 29.9 Å². The van der Waals surface area contributed by atoms with Gasteiger partial charge in [-0.3, -0.25) is 10.1 Å². The largest absolute Gasteiger partial charge is 0.344 e. The van der Waals surface area contributed by atoms with Crippen LogP contribution in [0.1, 0.15) is 42.0 Å². The zero-order valence-corrected chi connectivity index (χ0v) is 15.3. The predicted octanol–water partition coefficient (Wildman–Crippen LogP) is 4.00. The van der Waals surface area contributed by atoms with Crippen molar-refractivity contribution in [2.75, 3.05) is 13.6 Å². The summed E-state index contributed by atoms with van der Waals surface area (Å²) in [6.07, 6.45) is 2.89. The molecule has 1 N–H and O–H groups in total. The van der Waals surface area contributed by atoms with Crippen LogP contribution in [0.25, 0.3) is 11.1 Å². The van der Waals surface area contributed by atoms with Crippen molar-refractivity contribution in [2.24, 2.45) is 0 Å². The maximum absolute atomic E-state index is 12.5. The zero-order chi connectivity index (χ0) is 17.6. The molecular weight excluding hydrogens is 308 g/mol. The lowest BCUT2D eigenvalue weighted by Gasteiger charge is -2.23. The van der Waals surface area contributed by atoms with Gasteiger partial charge in [0.25, 0.3) is 0 Å². The topological polar surface area (TPSA) is 32.3 Å². The van der Waals surface area contributed by atoms with Crippen molar-refractivity contribution < 1.29 is 4.79 Å². The Morgan fingerprint density at radius 1 is 1.04 bits per heavy atom. The Balaban J connectivity index is 1.61. The molecular formula is C22H26N2O. The first-order valence-electron chi connectivity index (χ1n) is 9.19. The number of nitrogens with one attached hydrogen (secondary N) is 1. The molecule has 2 aromatic carbocycles. The minimum Gasteiger partial charge on any atom is -0.344 e. The molecule has 3 heteroatoms. The highest BCUT2D eigenvalue weighted by Crippen LogP contribution is 2.39. The highest BCUT2D eigenvalue weighted by Gasteiger charge is 2.49. The van der Waals surface area contributed by atoms with Gasteiger partial charge < -0.3 is 4.90 Å². The normalized spacial score (nSPS) is 26.0. The summed E-state index contributed by atoms with van der Waals surface area (Å²) in [5, 5.41) is 3.67. The number of likely N-dealkylation sites (N-methyl/N-ethyl adjacent to an activating group) is 1. The molecule has 2 heterocycles. The Labute approximate surface area is 150 Å². The van der Waals surface area contributed by atoms with Crippen molar-refractivity contribution in [3.8, 4) is 11.1 Å². The van der Waals surface area contributed by atoms with Crippen molar-refractivity contribution in [3.63, 3.8) is 0 Å². The van der Waals surface area contributed by atoms with E-state index in [-0.39, 0.29) is 17.5 Å². The molecule has 25 heavy (non-hydrogen) atoms. The Kier molecular flexibility index (Phi) is 3.92. The molecule has 2 saturated heterocycles. The number of hydrogen-bond donors (Lipinski definition) is 1. The van der Waals surface area contributed by atoms with Crippen LogP contribution in [0.2, 0.25) is 0 Å². The van der Waals surface area contributed by atoms with E-state index in [1.165, 1.54) is 27.8 Å². The summed E-state index contributed by atoms with van der Waals surface area (Å²) in [4.78, 5) is 14.4. The second kappa shape index (κ2) is 5.99. The highest BCUT2D eigenvalue weighted by molar-refractivity contribution is 5.88. The predicted molar refractivity (Wildman–Crippen MR) is 101 cm³/mol. The number of benzene rings is 2. The van der Waals surface area contributed by atoms with Gasteiger partial charge >= 0.3 is 0 Å². The third-order valence-electron chi connectivity index (χ3n) is 5.78. The summed E-state index contributed by atoms with van der Waals surface area (Å²) < 4.78 is 0. The first-order valence-corrected chi connectivity index (χ1v) is 9.19. The number of rotatable bonds is 2. The number of likely N-dealkylation sites (tertiary alicyclic amines) is 1. The highest BCUT2D eigenvalue weighted by atomic mass is 16.2. The third-order valence-corrected chi connectivity index (χ3v) is 5.78. The van der Waals surface area contributed by atoms with Gasteiger partial charge in [0.1, 0.15) is 5.54 Å². The number of hydrogen-bond acceptors (Lipinski definition) is 2. The van der Waals surface area contributed by atoms with E-state index >= 15 is 0 Å². The quantitative estimate of drug-likeness (QED) is 0.900. The molecule has 2 aliphatic rings. The molecule has 0 unspecified atom stereocenters. The average Bonchev–Trinajstić information content (AvgIpc) is 3.14. The average molecular weight is 334 g/mol. The molecule has 2 aromatic rings. The molecule has 130 valence electrons. The minimum atomic E-state index is -0.324. The zero-order valence-electron chi connectivity index (χ0n) is 15.3. The standard InChI is InChI=1S/C22H26N2O/c1-15-11-16(2)13-19(12-15)17-5-4-6-18(14-17)20-7-8-22(23-20)9-10-24(3)21(22)25/h4-6,11-14,20,23H,7-10H2,1-3H3/t20-,22+/m1/s1. The van der Waals surface area contributed by atoms with Gasteiger partial charge in [-0.15, -0.1) is 0 Å². The van der Waals surface area contributed by atoms with Gasteiger partial charge in [-0.25, -0.2) is 0 Å². The van der Waals surface area contributed by atoms with Crippen LogP contribution in [0.5, 0.6) is 0 Å². The van der Waals surface area contributed by atoms with E-state index in [1.54, 1.807) is 0 Å². The van der Waals surface area contributed by atoms with Gasteiger partial charge in [-0.05, 0) is 55.9 Å². The first-order chi connectivity index (χ1) is 12.0. The SMILES string of the molecule is Cc1cc(C)cc(-c2cccc([C@H]3CC[C@@]4(CCN(C)C4=O)N3)c2)c1. The first kappa shape index (κ1) is 16.3. The van der Waals surface area contributed by atoms with Gasteiger partial charge in [-0.1, -0.05) is 47.5 Å². The van der Waals surface area contributed by atoms with Crippen molar-refractivity contribution >= 4 is 5.91 Å². The molecule has 1 amide bonds. The van der Waals surface area contributed by atoms with Crippen molar-refractivity contribution in [1.82, 2.24) is 10.2 Å². The second-order valence-corrected chi connectivity index (χ2v) is 7.80. The lowest BCUT2D eigenvalue weighted by Crippen LogP contribution is -2.47. The monoisotopic (exact) mass is 334 g/mol. The molecule has 0 aliphatic carbocycles. The fourth-order valence-electron chi connectivity index (χ4n) is 4.49. The van der Waals surface area contributed by atoms with Crippen molar-refractivity contribution in [1.29, 1.82) is 0 Å². The molecule has 0 radical (unpaired) electrons. The molecule has 1 spiro atoms. The van der Waals surface area contributed by atoms with Gasteiger partial charge in [0.15, 0.2) is 0 Å². The van der Waals surface area contributed by atoms with Crippen LogP contribution in [0.15, 0.2) is 42.5 Å². The van der Waals surface area contributed by atoms with Gasteiger partial charge in [0.05, 0.1) is 0 Å². The summed E-state index contributed by atoms with van der Waals surface area (Å²) in [6, 6.07) is 15.7. The number of aryl methyl sites for hydroxylation is 2. The molecule has 0 bridgehead atoms. The molecule has 2 atom stereocenters. The lowest BCUT2D eigenvalue weighted by molar-refractivity contribution is -0.131. The van der Waals surface area contributed by atoms with Gasteiger partial charge in [0.2, 0.25) is 5.91 Å². The van der Waals surface area contributed by atoms with Crippen LogP contribution < -0.4 is 5.32 Å². The maximum atomic E-state index is 12.5. The summed E-state index contributed by atoms with van der Waals surface area (Å²) in [5.41, 5.74) is 6.06. The van der Waals surface area contributed by atoms with Crippen molar-refractivity contribution in [3.05, 3.63) is 59.2 Å². The van der Waals surface area contributed by atoms with E-state index in [0.29, 0.717) is 0 Å². The van der Waals surface area contributed by atoms with Gasteiger partial charge in [-0.2, -0.15) is 0 Å². The fourth-order valence-corrected chi connectivity index (χ4v) is 4.49. The van der Waals surface area contributed by atoms with E-state index in [4.69, 9.17) is 0 Å². The molecule has 4 rings (SSSR count). The van der Waals surface area contributed by atoms with Crippen LogP contribution in [0.3, 0.4) is 0 Å². The minimum absolute atomic E-state index is 0.264. The summed E-state index contributed by atoms with van der Waals surface area (Å²) >= 11 is 0. The lowest BCUT2D eigenvalue weighted by atomic mass is 9.95. The number of carbonyl (C=O) groups is 1. The Hall–Kier alpha value is -2.13. The van der Waals surface area contributed by atoms with Crippen LogP contribution in [-0.2, 0) is 4.79 Å². The molecule has 2 aliphatic heterocycles. The van der Waals surface area contributed by atoms with Gasteiger partial charge in [0, 0.05) is 19.6 Å². The van der Waals surface area contributed by atoms with Crippen molar-refractivity contribution in [2.45, 2.75) is 44.7 Å². The second-order valence-electron chi connectivity index (χ2n) is 7.80. The molecule has 0 aromatic heterocycles. The number of amides is 1. The third kappa shape index (κ3) is 2.87. The molecule has 0 saturated carbocycles. The molecule has 2 fully saturated rings. The van der Waals surface area contributed by atoms with Crippen LogP contribution in [0, 0.1) is 13.8 Å². The van der Waals surface area contributed by atoms with Crippen LogP contribution >= 0.6 is 0 Å². The van der Waals surface area contributed by atoms with E-state index in [0.717, 1.165) is 25.8 Å². The Morgan fingerprint density at radius 3 is 2.48 bits per heavy atom. The summed E-state index contributed by atoms with van der Waals surface area (Å²) in [7, 11) is 1.91.